The van der Waals surface area contributed by atoms with E-state index in [1.807, 2.05) is 62.4 Å². The lowest BCUT2D eigenvalue weighted by molar-refractivity contribution is 0.715. The largest absolute Gasteiger partial charge is 0.331 e. The third kappa shape index (κ3) is 2.26. The molecule has 0 fully saturated rings. The fraction of sp³-hybridized carbons (Fsp3) is 0.174. The van der Waals surface area contributed by atoms with Crippen LogP contribution in [0.5, 0.6) is 0 Å². The number of aryl methyl sites for hydroxylation is 3. The van der Waals surface area contributed by atoms with Gasteiger partial charge < -0.3 is 4.40 Å². The Bertz CT molecular complexity index is 1570. The van der Waals surface area contributed by atoms with Crippen LogP contribution in [0.4, 0.5) is 0 Å². The van der Waals surface area contributed by atoms with Crippen LogP contribution < -0.4 is 11.2 Å². The molecule has 6 heteroatoms. The van der Waals surface area contributed by atoms with Crippen molar-refractivity contribution in [2.24, 2.45) is 14.1 Å². The number of hydrogen-bond donors (Lipinski definition) is 0. The number of rotatable bonds is 1. The minimum absolute atomic E-state index is 0.300. The minimum Gasteiger partial charge on any atom is -0.303 e. The molecular formula is C23H20N4O2. The number of fused-ring (bicyclic) bond motifs is 5. The molecule has 29 heavy (non-hydrogen) atoms. The Kier molecular flexibility index (Phi) is 3.55. The number of nitrogens with zero attached hydrogens (tertiary/aromatic N) is 4. The first-order valence-corrected chi connectivity index (χ1v) is 9.46. The third-order valence-electron chi connectivity index (χ3n) is 5.65. The molecule has 0 spiro atoms. The van der Waals surface area contributed by atoms with Gasteiger partial charge in [-0.25, -0.2) is 9.78 Å². The highest BCUT2D eigenvalue weighted by Crippen LogP contribution is 2.35. The van der Waals surface area contributed by atoms with Crippen molar-refractivity contribution in [1.29, 1.82) is 0 Å². The van der Waals surface area contributed by atoms with E-state index in [-0.39, 0.29) is 11.2 Å². The summed E-state index contributed by atoms with van der Waals surface area (Å²) in [5.74, 6) is 0. The Balaban J connectivity index is 2.21. The first-order chi connectivity index (χ1) is 13.9. The van der Waals surface area contributed by atoms with Crippen molar-refractivity contribution in [1.82, 2.24) is 18.5 Å². The van der Waals surface area contributed by atoms with Crippen LogP contribution in [0.2, 0.25) is 0 Å². The summed E-state index contributed by atoms with van der Waals surface area (Å²) in [6.45, 7) is 3.95. The van der Waals surface area contributed by atoms with Crippen molar-refractivity contribution in [3.05, 3.63) is 80.6 Å². The van der Waals surface area contributed by atoms with Gasteiger partial charge in [0.2, 0.25) is 0 Å². The van der Waals surface area contributed by atoms with Crippen LogP contribution in [-0.4, -0.2) is 18.5 Å². The van der Waals surface area contributed by atoms with Crippen molar-refractivity contribution in [2.75, 3.05) is 0 Å². The maximum atomic E-state index is 13.3. The highest BCUT2D eigenvalue weighted by molar-refractivity contribution is 6.07. The molecule has 0 saturated heterocycles. The molecular weight excluding hydrogens is 364 g/mol. The third-order valence-corrected chi connectivity index (χ3v) is 5.65. The second-order valence-corrected chi connectivity index (χ2v) is 7.51. The molecule has 0 aliphatic heterocycles. The maximum Gasteiger partial charge on any atom is 0.331 e. The number of para-hydroxylation sites is 2. The van der Waals surface area contributed by atoms with E-state index in [0.29, 0.717) is 10.9 Å². The molecule has 3 aromatic heterocycles. The van der Waals surface area contributed by atoms with Gasteiger partial charge in [0.15, 0.2) is 0 Å². The van der Waals surface area contributed by atoms with Gasteiger partial charge in [0.05, 0.1) is 38.8 Å². The van der Waals surface area contributed by atoms with Crippen LogP contribution >= 0.6 is 0 Å². The molecule has 0 saturated carbocycles. The normalized spacial score (nSPS) is 11.7. The predicted molar refractivity (Wildman–Crippen MR) is 116 cm³/mol. The zero-order valence-electron chi connectivity index (χ0n) is 16.7. The summed E-state index contributed by atoms with van der Waals surface area (Å²) < 4.78 is 4.80. The van der Waals surface area contributed by atoms with Crippen molar-refractivity contribution in [2.45, 2.75) is 13.8 Å². The molecule has 0 atom stereocenters. The van der Waals surface area contributed by atoms with Gasteiger partial charge in [-0.15, -0.1) is 0 Å². The smallest absolute Gasteiger partial charge is 0.303 e. The van der Waals surface area contributed by atoms with Gasteiger partial charge in [-0.3, -0.25) is 13.9 Å². The van der Waals surface area contributed by atoms with E-state index < -0.39 is 0 Å². The second kappa shape index (κ2) is 5.91. The predicted octanol–water partition coefficient (Wildman–Crippen LogP) is 3.32. The van der Waals surface area contributed by atoms with E-state index >= 15 is 0 Å². The highest BCUT2D eigenvalue weighted by Gasteiger charge is 2.24. The molecule has 0 aliphatic rings. The Morgan fingerprint density at radius 2 is 1.52 bits per heavy atom. The van der Waals surface area contributed by atoms with Gasteiger partial charge in [-0.1, -0.05) is 42.0 Å². The van der Waals surface area contributed by atoms with E-state index in [9.17, 15) is 9.59 Å². The molecule has 3 heterocycles. The van der Waals surface area contributed by atoms with E-state index in [1.54, 1.807) is 11.6 Å². The van der Waals surface area contributed by atoms with Gasteiger partial charge in [0.25, 0.3) is 5.56 Å². The Morgan fingerprint density at radius 1 is 0.828 bits per heavy atom. The molecule has 144 valence electrons. The van der Waals surface area contributed by atoms with E-state index in [2.05, 4.69) is 4.40 Å². The van der Waals surface area contributed by atoms with Crippen LogP contribution in [0, 0.1) is 13.8 Å². The van der Waals surface area contributed by atoms with Gasteiger partial charge in [0, 0.05) is 14.1 Å². The van der Waals surface area contributed by atoms with Crippen LogP contribution in [0.15, 0.2) is 58.1 Å². The summed E-state index contributed by atoms with van der Waals surface area (Å²) >= 11 is 0. The Morgan fingerprint density at radius 3 is 2.24 bits per heavy atom. The van der Waals surface area contributed by atoms with Gasteiger partial charge in [-0.2, -0.15) is 0 Å². The van der Waals surface area contributed by atoms with Crippen molar-refractivity contribution < 1.29 is 0 Å². The van der Waals surface area contributed by atoms with Gasteiger partial charge in [-0.05, 0) is 31.5 Å². The monoisotopic (exact) mass is 384 g/mol. The van der Waals surface area contributed by atoms with Gasteiger partial charge in [0.1, 0.15) is 0 Å². The van der Waals surface area contributed by atoms with Crippen LogP contribution in [-0.2, 0) is 14.1 Å². The molecule has 5 aromatic rings. The number of benzene rings is 2. The van der Waals surface area contributed by atoms with Crippen LogP contribution in [0.1, 0.15) is 11.3 Å². The lowest BCUT2D eigenvalue weighted by atomic mass is 10.1. The van der Waals surface area contributed by atoms with Gasteiger partial charge >= 0.3 is 5.69 Å². The second-order valence-electron chi connectivity index (χ2n) is 7.51. The Labute approximate surface area is 166 Å². The van der Waals surface area contributed by atoms with E-state index in [0.717, 1.165) is 39.1 Å². The molecule has 0 aliphatic carbocycles. The topological polar surface area (TPSA) is 61.3 Å². The maximum absolute atomic E-state index is 13.3. The molecule has 5 rings (SSSR count). The summed E-state index contributed by atoms with van der Waals surface area (Å²) in [6, 6.07) is 16.0. The summed E-state index contributed by atoms with van der Waals surface area (Å²) in [5, 5.41) is 0.528. The molecule has 0 radical (unpaired) electrons. The minimum atomic E-state index is -0.349. The zero-order chi connectivity index (χ0) is 20.4. The summed E-state index contributed by atoms with van der Waals surface area (Å²) in [6.07, 6.45) is 0. The fourth-order valence-electron chi connectivity index (χ4n) is 4.20. The van der Waals surface area contributed by atoms with Crippen molar-refractivity contribution in [3.8, 4) is 11.3 Å². The number of hydrogen-bond acceptors (Lipinski definition) is 3. The van der Waals surface area contributed by atoms with E-state index in [4.69, 9.17) is 4.98 Å². The molecule has 6 nitrogen and oxygen atoms in total. The van der Waals surface area contributed by atoms with Crippen LogP contribution in [0.3, 0.4) is 0 Å². The molecule has 0 N–H and O–H groups in total. The lowest BCUT2D eigenvalue weighted by Crippen LogP contribution is -2.36. The zero-order valence-corrected chi connectivity index (χ0v) is 16.7. The SMILES string of the molecule is Cc1ccc(-c2c3c(=O)n(C)c(=O)n(C)c3c3c(C)nc4ccccc4n23)cc1. The quantitative estimate of drug-likeness (QED) is 0.445. The standard InChI is InChI=1S/C23H20N4O2/c1-13-9-11-15(12-10-13)20-18-21(25(3)23(29)26(4)22(18)28)19-14(2)24-16-7-5-6-8-17(16)27(19)20/h5-12H,1-4H3. The molecule has 0 bridgehead atoms. The van der Waals surface area contributed by atoms with Crippen molar-refractivity contribution in [3.63, 3.8) is 0 Å². The average Bonchev–Trinajstić information content (AvgIpc) is 3.08. The summed E-state index contributed by atoms with van der Waals surface area (Å²) in [4.78, 5) is 30.8. The average molecular weight is 384 g/mol. The molecule has 2 aromatic carbocycles. The Hall–Kier alpha value is -3.67. The first kappa shape index (κ1) is 17.4. The number of aromatic nitrogens is 4. The lowest BCUT2D eigenvalue weighted by Gasteiger charge is -2.09. The summed E-state index contributed by atoms with van der Waals surface area (Å²) in [5.41, 5.74) is 6.11. The molecule has 0 unspecified atom stereocenters. The van der Waals surface area contributed by atoms with Crippen LogP contribution in [0.25, 0.3) is 38.7 Å². The summed E-state index contributed by atoms with van der Waals surface area (Å²) in [7, 11) is 3.23. The first-order valence-electron chi connectivity index (χ1n) is 9.46. The van der Waals surface area contributed by atoms with Crippen molar-refractivity contribution >= 4 is 27.5 Å². The fourth-order valence-corrected chi connectivity index (χ4v) is 4.20. The highest BCUT2D eigenvalue weighted by atomic mass is 16.2. The van der Waals surface area contributed by atoms with E-state index in [1.165, 1.54) is 11.6 Å². The molecule has 0 amide bonds.